The number of hydrogen-bond acceptors (Lipinski definition) is 4. The van der Waals surface area contributed by atoms with Crippen molar-refractivity contribution in [2.75, 3.05) is 5.73 Å². The zero-order valence-electron chi connectivity index (χ0n) is 7.36. The van der Waals surface area contributed by atoms with Crippen LogP contribution in [0.2, 0.25) is 0 Å². The van der Waals surface area contributed by atoms with Gasteiger partial charge in [0.25, 0.3) is 0 Å². The van der Waals surface area contributed by atoms with Crippen LogP contribution in [-0.4, -0.2) is 11.1 Å². The monoisotopic (exact) mass is 179 g/mol. The van der Waals surface area contributed by atoms with Crippen LogP contribution in [0.4, 0.5) is 5.69 Å². The first kappa shape index (κ1) is 8.31. The second-order valence-corrected chi connectivity index (χ2v) is 3.23. The minimum Gasteiger partial charge on any atom is -0.488 e. The molecule has 0 saturated heterocycles. The van der Waals surface area contributed by atoms with Crippen LogP contribution in [0.25, 0.3) is 0 Å². The summed E-state index contributed by atoms with van der Waals surface area (Å²) in [7, 11) is 0. The number of aromatic nitrogens is 1. The Labute approximate surface area is 76.9 Å². The summed E-state index contributed by atoms with van der Waals surface area (Å²) in [5, 5.41) is 0. The molecule has 1 saturated carbocycles. The third-order valence-corrected chi connectivity index (χ3v) is 2.07. The minimum absolute atomic E-state index is 0.355. The van der Waals surface area contributed by atoms with E-state index in [1.165, 1.54) is 0 Å². The van der Waals surface area contributed by atoms with Gasteiger partial charge >= 0.3 is 0 Å². The van der Waals surface area contributed by atoms with Gasteiger partial charge in [0.1, 0.15) is 5.75 Å². The van der Waals surface area contributed by atoms with Crippen molar-refractivity contribution in [1.82, 2.24) is 4.98 Å². The molecule has 2 rings (SSSR count). The van der Waals surface area contributed by atoms with E-state index < -0.39 is 0 Å². The Morgan fingerprint density at radius 1 is 1.46 bits per heavy atom. The van der Waals surface area contributed by atoms with Crippen molar-refractivity contribution >= 4 is 5.69 Å². The first-order chi connectivity index (χ1) is 6.31. The van der Waals surface area contributed by atoms with E-state index >= 15 is 0 Å². The van der Waals surface area contributed by atoms with E-state index in [0.29, 0.717) is 18.3 Å². The molecule has 0 aromatic carbocycles. The Hall–Kier alpha value is -1.29. The van der Waals surface area contributed by atoms with Crippen molar-refractivity contribution in [3.05, 3.63) is 18.0 Å². The highest BCUT2D eigenvalue weighted by atomic mass is 16.5. The molecule has 0 aliphatic heterocycles. The lowest BCUT2D eigenvalue weighted by atomic mass is 10.2. The third kappa shape index (κ3) is 1.72. The van der Waals surface area contributed by atoms with Gasteiger partial charge in [0.15, 0.2) is 0 Å². The van der Waals surface area contributed by atoms with E-state index in [1.54, 1.807) is 12.4 Å². The van der Waals surface area contributed by atoms with Crippen LogP contribution in [-0.2, 0) is 6.54 Å². The van der Waals surface area contributed by atoms with Gasteiger partial charge in [0.2, 0.25) is 0 Å². The zero-order chi connectivity index (χ0) is 9.26. The van der Waals surface area contributed by atoms with Crippen LogP contribution in [0.1, 0.15) is 18.4 Å². The van der Waals surface area contributed by atoms with Gasteiger partial charge in [-0.2, -0.15) is 0 Å². The summed E-state index contributed by atoms with van der Waals surface area (Å²) in [4.78, 5) is 3.97. The number of hydrogen-bond donors (Lipinski definition) is 2. The van der Waals surface area contributed by atoms with Crippen molar-refractivity contribution < 1.29 is 4.74 Å². The van der Waals surface area contributed by atoms with E-state index in [4.69, 9.17) is 16.2 Å². The summed E-state index contributed by atoms with van der Waals surface area (Å²) >= 11 is 0. The Kier molecular flexibility index (Phi) is 2.06. The molecule has 0 amide bonds. The van der Waals surface area contributed by atoms with Gasteiger partial charge in [-0.3, -0.25) is 4.98 Å². The average Bonchev–Trinajstić information content (AvgIpc) is 2.89. The van der Waals surface area contributed by atoms with Crippen molar-refractivity contribution in [2.24, 2.45) is 5.73 Å². The molecule has 0 radical (unpaired) electrons. The lowest BCUT2D eigenvalue weighted by Crippen LogP contribution is -2.07. The van der Waals surface area contributed by atoms with Crippen molar-refractivity contribution in [2.45, 2.75) is 25.5 Å². The molecule has 13 heavy (non-hydrogen) atoms. The zero-order valence-corrected chi connectivity index (χ0v) is 7.36. The fourth-order valence-electron chi connectivity index (χ4n) is 1.17. The molecule has 1 heterocycles. The lowest BCUT2D eigenvalue weighted by molar-refractivity contribution is 0.299. The number of nitrogens with zero attached hydrogens (tertiary/aromatic N) is 1. The summed E-state index contributed by atoms with van der Waals surface area (Å²) in [5.74, 6) is 0.741. The number of rotatable bonds is 3. The van der Waals surface area contributed by atoms with Crippen LogP contribution in [0, 0.1) is 0 Å². The first-order valence-electron chi connectivity index (χ1n) is 4.40. The quantitative estimate of drug-likeness (QED) is 0.715. The van der Waals surface area contributed by atoms with Gasteiger partial charge in [0, 0.05) is 12.1 Å². The summed E-state index contributed by atoms with van der Waals surface area (Å²) < 4.78 is 5.61. The maximum atomic E-state index is 5.71. The highest BCUT2D eigenvalue weighted by molar-refractivity contribution is 5.51. The second-order valence-electron chi connectivity index (χ2n) is 3.23. The van der Waals surface area contributed by atoms with Gasteiger partial charge in [-0.15, -0.1) is 0 Å². The minimum atomic E-state index is 0.355. The van der Waals surface area contributed by atoms with Crippen LogP contribution in [0.15, 0.2) is 12.4 Å². The molecule has 1 aliphatic carbocycles. The van der Waals surface area contributed by atoms with Crippen LogP contribution < -0.4 is 16.2 Å². The number of pyridine rings is 1. The molecule has 70 valence electrons. The van der Waals surface area contributed by atoms with Gasteiger partial charge in [-0.1, -0.05) is 0 Å². The molecule has 4 N–H and O–H groups in total. The van der Waals surface area contributed by atoms with Crippen LogP contribution in [0.5, 0.6) is 5.75 Å². The van der Waals surface area contributed by atoms with E-state index in [0.717, 1.165) is 24.2 Å². The largest absolute Gasteiger partial charge is 0.488 e. The molecule has 0 atom stereocenters. The highest BCUT2D eigenvalue weighted by Crippen LogP contribution is 2.30. The molecule has 1 aromatic heterocycles. The molecule has 0 spiro atoms. The molecule has 0 bridgehead atoms. The third-order valence-electron chi connectivity index (χ3n) is 2.07. The van der Waals surface area contributed by atoms with Crippen LogP contribution >= 0.6 is 0 Å². The fraction of sp³-hybridized carbons (Fsp3) is 0.444. The predicted molar refractivity (Wildman–Crippen MR) is 50.2 cm³/mol. The predicted octanol–water partition coefficient (Wildman–Crippen LogP) is 0.664. The van der Waals surface area contributed by atoms with Gasteiger partial charge in [-0.05, 0) is 12.8 Å². The van der Waals surface area contributed by atoms with Gasteiger partial charge in [0.05, 0.1) is 24.2 Å². The molecular formula is C9H13N3O. The Balaban J connectivity index is 2.25. The smallest absolute Gasteiger partial charge is 0.144 e. The number of ether oxygens (including phenoxy) is 1. The fourth-order valence-corrected chi connectivity index (χ4v) is 1.17. The Morgan fingerprint density at radius 3 is 2.85 bits per heavy atom. The van der Waals surface area contributed by atoms with E-state index in [2.05, 4.69) is 4.98 Å². The number of anilines is 1. The van der Waals surface area contributed by atoms with E-state index in [9.17, 15) is 0 Å². The highest BCUT2D eigenvalue weighted by Gasteiger charge is 2.24. The molecular weight excluding hydrogens is 166 g/mol. The molecule has 1 aliphatic rings. The molecule has 1 fully saturated rings. The second kappa shape index (κ2) is 3.22. The maximum absolute atomic E-state index is 5.71. The topological polar surface area (TPSA) is 74.2 Å². The molecule has 0 unspecified atom stereocenters. The summed E-state index contributed by atoms with van der Waals surface area (Å²) in [6, 6.07) is 0. The number of nitrogen functional groups attached to an aromatic ring is 1. The Bertz CT molecular complexity index is 310. The standard InChI is InChI=1S/C9H13N3O/c10-3-7-8(11)4-12-5-9(7)13-6-1-2-6/h4-6H,1-3,10-11H2. The molecule has 1 aromatic rings. The summed E-state index contributed by atoms with van der Waals surface area (Å²) in [6.07, 6.45) is 5.88. The van der Waals surface area contributed by atoms with E-state index in [1.807, 2.05) is 0 Å². The van der Waals surface area contributed by atoms with E-state index in [-0.39, 0.29) is 0 Å². The SMILES string of the molecule is NCc1c(N)cncc1OC1CC1. The van der Waals surface area contributed by atoms with Gasteiger partial charge in [-0.25, -0.2) is 0 Å². The Morgan fingerprint density at radius 2 is 2.23 bits per heavy atom. The maximum Gasteiger partial charge on any atom is 0.144 e. The van der Waals surface area contributed by atoms with Crippen molar-refractivity contribution in [1.29, 1.82) is 0 Å². The van der Waals surface area contributed by atoms with Crippen molar-refractivity contribution in [3.63, 3.8) is 0 Å². The van der Waals surface area contributed by atoms with Gasteiger partial charge < -0.3 is 16.2 Å². The first-order valence-corrected chi connectivity index (χ1v) is 4.40. The molecule has 4 heteroatoms. The average molecular weight is 179 g/mol. The van der Waals surface area contributed by atoms with Crippen LogP contribution in [0.3, 0.4) is 0 Å². The number of nitrogens with two attached hydrogens (primary N) is 2. The molecule has 4 nitrogen and oxygen atoms in total. The normalized spacial score (nSPS) is 15.8. The summed E-state index contributed by atoms with van der Waals surface area (Å²) in [6.45, 7) is 0.399. The lowest BCUT2D eigenvalue weighted by Gasteiger charge is -2.10. The van der Waals surface area contributed by atoms with Crippen molar-refractivity contribution in [3.8, 4) is 5.75 Å². The summed E-state index contributed by atoms with van der Waals surface area (Å²) in [5.41, 5.74) is 12.7.